The molecule has 1 amide bonds. The largest absolute Gasteiger partial charge is 0.478 e. The number of H-pyrrole nitrogens is 1. The highest BCUT2D eigenvalue weighted by atomic mass is 16.5. The summed E-state index contributed by atoms with van der Waals surface area (Å²) in [5.74, 6) is 1.36. The van der Waals surface area contributed by atoms with Gasteiger partial charge in [0.05, 0.1) is 17.6 Å². The molecule has 2 aromatic heterocycles. The van der Waals surface area contributed by atoms with Crippen LogP contribution in [0.1, 0.15) is 24.7 Å². The lowest BCUT2D eigenvalue weighted by molar-refractivity contribution is -0.121. The van der Waals surface area contributed by atoms with Crippen molar-refractivity contribution in [1.29, 1.82) is 0 Å². The van der Waals surface area contributed by atoms with E-state index in [9.17, 15) is 4.79 Å². The van der Waals surface area contributed by atoms with Gasteiger partial charge in [-0.3, -0.25) is 4.79 Å². The summed E-state index contributed by atoms with van der Waals surface area (Å²) in [6.45, 7) is 2.86. The Morgan fingerprint density at radius 2 is 2.12 bits per heavy atom. The lowest BCUT2D eigenvalue weighted by atomic mass is 10.2. The predicted molar refractivity (Wildman–Crippen MR) is 91.7 cm³/mol. The van der Waals surface area contributed by atoms with E-state index in [-0.39, 0.29) is 5.91 Å². The van der Waals surface area contributed by atoms with E-state index in [4.69, 9.17) is 4.74 Å². The summed E-state index contributed by atoms with van der Waals surface area (Å²) < 4.78 is 5.45. The number of para-hydroxylation sites is 2. The van der Waals surface area contributed by atoms with Crippen molar-refractivity contribution in [3.05, 3.63) is 54.0 Å². The molecule has 1 aromatic carbocycles. The number of aromatic amines is 1. The molecule has 6 nitrogen and oxygen atoms in total. The van der Waals surface area contributed by atoms with E-state index >= 15 is 0 Å². The molecule has 3 aromatic rings. The minimum Gasteiger partial charge on any atom is -0.478 e. The number of pyridine rings is 1. The second kappa shape index (κ2) is 7.59. The predicted octanol–water partition coefficient (Wildman–Crippen LogP) is 2.61. The monoisotopic (exact) mass is 324 g/mol. The van der Waals surface area contributed by atoms with Crippen molar-refractivity contribution < 1.29 is 9.53 Å². The lowest BCUT2D eigenvalue weighted by Crippen LogP contribution is -2.23. The van der Waals surface area contributed by atoms with Gasteiger partial charge in [-0.1, -0.05) is 18.2 Å². The number of ether oxygens (including phenoxy) is 1. The number of hydrogen-bond donors (Lipinski definition) is 2. The summed E-state index contributed by atoms with van der Waals surface area (Å²) in [6, 6.07) is 11.6. The van der Waals surface area contributed by atoms with Crippen LogP contribution in [0.15, 0.2) is 42.6 Å². The molecular formula is C18H20N4O2. The Labute approximate surface area is 140 Å². The third kappa shape index (κ3) is 3.90. The fourth-order valence-electron chi connectivity index (χ4n) is 2.46. The van der Waals surface area contributed by atoms with Crippen LogP contribution < -0.4 is 10.1 Å². The molecule has 2 heterocycles. The molecule has 0 saturated carbocycles. The van der Waals surface area contributed by atoms with Gasteiger partial charge in [0, 0.05) is 31.1 Å². The standard InChI is InChI=1S/C18H20N4O2/c1-2-24-18-13(6-5-11-19-18)12-20-17(23)10-9-16-21-14-7-3-4-8-15(14)22-16/h3-8,11H,2,9-10,12H2,1H3,(H,20,23)(H,21,22). The van der Waals surface area contributed by atoms with Crippen molar-refractivity contribution in [2.24, 2.45) is 0 Å². The number of fused-ring (bicyclic) bond motifs is 1. The van der Waals surface area contributed by atoms with E-state index in [0.717, 1.165) is 22.4 Å². The first-order valence-corrected chi connectivity index (χ1v) is 8.03. The number of aromatic nitrogens is 3. The molecule has 0 spiro atoms. The lowest BCUT2D eigenvalue weighted by Gasteiger charge is -2.09. The normalized spacial score (nSPS) is 10.7. The SMILES string of the molecule is CCOc1ncccc1CNC(=O)CCc1nc2ccccc2[nH]1. The molecule has 0 aliphatic carbocycles. The number of imidazole rings is 1. The Morgan fingerprint density at radius 1 is 1.25 bits per heavy atom. The Kier molecular flexibility index (Phi) is 5.05. The summed E-state index contributed by atoms with van der Waals surface area (Å²) in [5.41, 5.74) is 2.78. The molecule has 0 radical (unpaired) electrons. The van der Waals surface area contributed by atoms with Crippen LogP contribution in [0, 0.1) is 0 Å². The minimum absolute atomic E-state index is 0.0262. The molecule has 0 saturated heterocycles. The van der Waals surface area contributed by atoms with Gasteiger partial charge in [-0.2, -0.15) is 0 Å². The second-order valence-electron chi connectivity index (χ2n) is 5.38. The molecule has 0 unspecified atom stereocenters. The summed E-state index contributed by atoms with van der Waals surface area (Å²) in [5, 5.41) is 2.90. The fourth-order valence-corrected chi connectivity index (χ4v) is 2.46. The van der Waals surface area contributed by atoms with E-state index in [1.807, 2.05) is 43.3 Å². The van der Waals surface area contributed by atoms with E-state index in [2.05, 4.69) is 20.3 Å². The summed E-state index contributed by atoms with van der Waals surface area (Å²) in [4.78, 5) is 23.9. The van der Waals surface area contributed by atoms with Gasteiger partial charge in [0.25, 0.3) is 0 Å². The molecule has 124 valence electrons. The maximum absolute atomic E-state index is 12.1. The number of rotatable bonds is 7. The van der Waals surface area contributed by atoms with Crippen molar-refractivity contribution in [2.45, 2.75) is 26.3 Å². The van der Waals surface area contributed by atoms with E-state index in [1.165, 1.54) is 0 Å². The number of nitrogens with one attached hydrogen (secondary N) is 2. The number of aryl methyl sites for hydroxylation is 1. The smallest absolute Gasteiger partial charge is 0.220 e. The molecule has 0 atom stereocenters. The van der Waals surface area contributed by atoms with Gasteiger partial charge >= 0.3 is 0 Å². The van der Waals surface area contributed by atoms with Crippen molar-refractivity contribution in [1.82, 2.24) is 20.3 Å². The van der Waals surface area contributed by atoms with E-state index < -0.39 is 0 Å². The maximum Gasteiger partial charge on any atom is 0.220 e. The Hall–Kier alpha value is -2.89. The number of hydrogen-bond acceptors (Lipinski definition) is 4. The number of carbonyl (C=O) groups excluding carboxylic acids is 1. The molecule has 0 bridgehead atoms. The van der Waals surface area contributed by atoms with Crippen molar-refractivity contribution in [3.63, 3.8) is 0 Å². The molecule has 6 heteroatoms. The van der Waals surface area contributed by atoms with Crippen LogP contribution >= 0.6 is 0 Å². The maximum atomic E-state index is 12.1. The van der Waals surface area contributed by atoms with Crippen molar-refractivity contribution >= 4 is 16.9 Å². The summed E-state index contributed by atoms with van der Waals surface area (Å²) >= 11 is 0. The average molecular weight is 324 g/mol. The van der Waals surface area contributed by atoms with Gasteiger partial charge in [-0.25, -0.2) is 9.97 Å². The Balaban J connectivity index is 1.52. The van der Waals surface area contributed by atoms with Crippen LogP contribution in [0.3, 0.4) is 0 Å². The van der Waals surface area contributed by atoms with Crippen LogP contribution in [-0.4, -0.2) is 27.5 Å². The van der Waals surface area contributed by atoms with Gasteiger partial charge < -0.3 is 15.0 Å². The number of nitrogens with zero attached hydrogens (tertiary/aromatic N) is 2. The highest BCUT2D eigenvalue weighted by molar-refractivity contribution is 5.77. The topological polar surface area (TPSA) is 79.9 Å². The summed E-state index contributed by atoms with van der Waals surface area (Å²) in [7, 11) is 0. The van der Waals surface area contributed by atoms with Crippen LogP contribution in [-0.2, 0) is 17.8 Å². The first-order valence-electron chi connectivity index (χ1n) is 8.03. The number of carbonyl (C=O) groups is 1. The number of amides is 1. The van der Waals surface area contributed by atoms with Gasteiger partial charge in [-0.05, 0) is 25.1 Å². The zero-order valence-electron chi connectivity index (χ0n) is 13.6. The van der Waals surface area contributed by atoms with Crippen LogP contribution in [0.2, 0.25) is 0 Å². The first-order chi connectivity index (χ1) is 11.8. The van der Waals surface area contributed by atoms with E-state index in [0.29, 0.717) is 31.9 Å². The Bertz CT molecular complexity index is 796. The zero-order valence-corrected chi connectivity index (χ0v) is 13.6. The Morgan fingerprint density at radius 3 is 2.96 bits per heavy atom. The molecular weight excluding hydrogens is 304 g/mol. The van der Waals surface area contributed by atoms with Crippen LogP contribution in [0.4, 0.5) is 0 Å². The van der Waals surface area contributed by atoms with Gasteiger partial charge in [-0.15, -0.1) is 0 Å². The molecule has 3 rings (SSSR count). The highest BCUT2D eigenvalue weighted by Crippen LogP contribution is 2.14. The molecule has 2 N–H and O–H groups in total. The van der Waals surface area contributed by atoms with E-state index in [1.54, 1.807) is 6.20 Å². The van der Waals surface area contributed by atoms with Crippen LogP contribution in [0.5, 0.6) is 5.88 Å². The molecule has 24 heavy (non-hydrogen) atoms. The van der Waals surface area contributed by atoms with Crippen LogP contribution in [0.25, 0.3) is 11.0 Å². The first kappa shape index (κ1) is 16.0. The van der Waals surface area contributed by atoms with Crippen molar-refractivity contribution in [3.8, 4) is 5.88 Å². The molecule has 0 aliphatic heterocycles. The fraction of sp³-hybridized carbons (Fsp3) is 0.278. The number of benzene rings is 1. The third-order valence-corrected chi connectivity index (χ3v) is 3.63. The molecule has 0 fully saturated rings. The van der Waals surface area contributed by atoms with Gasteiger partial charge in [0.2, 0.25) is 11.8 Å². The van der Waals surface area contributed by atoms with Gasteiger partial charge in [0.15, 0.2) is 0 Å². The van der Waals surface area contributed by atoms with Gasteiger partial charge in [0.1, 0.15) is 5.82 Å². The third-order valence-electron chi connectivity index (χ3n) is 3.63. The zero-order chi connectivity index (χ0) is 16.8. The van der Waals surface area contributed by atoms with Crippen molar-refractivity contribution in [2.75, 3.05) is 6.61 Å². The highest BCUT2D eigenvalue weighted by Gasteiger charge is 2.08. The minimum atomic E-state index is -0.0262. The quantitative estimate of drug-likeness (QED) is 0.700. The second-order valence-corrected chi connectivity index (χ2v) is 5.38. The average Bonchev–Trinajstić information content (AvgIpc) is 3.02. The summed E-state index contributed by atoms with van der Waals surface area (Å²) in [6.07, 6.45) is 2.63. The molecule has 0 aliphatic rings.